The van der Waals surface area contributed by atoms with Gasteiger partial charge in [-0.1, -0.05) is 6.07 Å². The third-order valence-electron chi connectivity index (χ3n) is 4.30. The minimum Gasteiger partial charge on any atom is -0.367 e. The number of carbonyl (C=O) groups is 1. The molecule has 1 aliphatic rings. The van der Waals surface area contributed by atoms with Gasteiger partial charge < -0.3 is 19.9 Å². The Morgan fingerprint density at radius 1 is 1.33 bits per heavy atom. The first-order chi connectivity index (χ1) is 11.7. The van der Waals surface area contributed by atoms with Crippen molar-refractivity contribution in [1.29, 1.82) is 0 Å². The van der Waals surface area contributed by atoms with Crippen LogP contribution in [-0.4, -0.2) is 35.1 Å². The maximum Gasteiger partial charge on any atom is 0.322 e. The van der Waals surface area contributed by atoms with Crippen LogP contribution in [0.4, 0.5) is 10.5 Å². The van der Waals surface area contributed by atoms with Crippen molar-refractivity contribution in [1.82, 2.24) is 9.88 Å². The van der Waals surface area contributed by atoms with E-state index in [1.165, 1.54) is 0 Å². The molecule has 1 saturated heterocycles. The van der Waals surface area contributed by atoms with Gasteiger partial charge in [0.1, 0.15) is 6.10 Å². The second-order valence-electron chi connectivity index (χ2n) is 6.07. The van der Waals surface area contributed by atoms with Crippen LogP contribution in [0.2, 0.25) is 0 Å². The smallest absolute Gasteiger partial charge is 0.322 e. The molecule has 2 N–H and O–H groups in total. The number of ether oxygens (including phenoxy) is 1. The molecular formula is C18H19N3O2S. The molecular weight excluding hydrogens is 322 g/mol. The van der Waals surface area contributed by atoms with Crippen LogP contribution in [0, 0.1) is 0 Å². The molecule has 4 rings (SSSR count). The number of hydrogen-bond donors (Lipinski definition) is 2. The fraction of sp³-hybridized carbons (Fsp3) is 0.278. The van der Waals surface area contributed by atoms with E-state index in [0.29, 0.717) is 13.1 Å². The zero-order valence-electron chi connectivity index (χ0n) is 13.4. The first kappa shape index (κ1) is 15.2. The lowest BCUT2D eigenvalue weighted by molar-refractivity contribution is -0.0640. The number of aromatic amines is 1. The number of fused-ring (bicyclic) bond motifs is 1. The highest BCUT2D eigenvalue weighted by Gasteiger charge is 2.29. The Kier molecular flexibility index (Phi) is 4.00. The van der Waals surface area contributed by atoms with Crippen molar-refractivity contribution in [2.75, 3.05) is 18.4 Å². The van der Waals surface area contributed by atoms with Gasteiger partial charge in [-0.3, -0.25) is 0 Å². The number of carbonyl (C=O) groups excluding carboxylic acids is 1. The number of urea groups is 1. The van der Waals surface area contributed by atoms with Crippen molar-refractivity contribution < 1.29 is 9.53 Å². The number of rotatable bonds is 2. The highest BCUT2D eigenvalue weighted by molar-refractivity contribution is 7.07. The van der Waals surface area contributed by atoms with Gasteiger partial charge in [-0.15, -0.1) is 0 Å². The van der Waals surface area contributed by atoms with E-state index in [0.717, 1.165) is 22.2 Å². The number of anilines is 1. The van der Waals surface area contributed by atoms with Crippen LogP contribution in [0.3, 0.4) is 0 Å². The van der Waals surface area contributed by atoms with Gasteiger partial charge >= 0.3 is 6.03 Å². The molecule has 0 radical (unpaired) electrons. The Morgan fingerprint density at radius 3 is 3.08 bits per heavy atom. The van der Waals surface area contributed by atoms with Gasteiger partial charge in [0.2, 0.25) is 0 Å². The number of H-pyrrole nitrogens is 1. The summed E-state index contributed by atoms with van der Waals surface area (Å²) in [5.41, 5.74) is 2.97. The van der Waals surface area contributed by atoms with Crippen molar-refractivity contribution in [2.24, 2.45) is 0 Å². The lowest BCUT2D eigenvalue weighted by Crippen LogP contribution is -2.47. The minimum absolute atomic E-state index is 0.0115. The van der Waals surface area contributed by atoms with Crippen molar-refractivity contribution in [2.45, 2.75) is 19.1 Å². The predicted molar refractivity (Wildman–Crippen MR) is 96.5 cm³/mol. The van der Waals surface area contributed by atoms with Gasteiger partial charge in [0, 0.05) is 23.6 Å². The highest BCUT2D eigenvalue weighted by atomic mass is 32.1. The molecule has 124 valence electrons. The minimum atomic E-state index is -0.0842. The Hall–Kier alpha value is -2.31. The molecule has 2 aromatic heterocycles. The van der Waals surface area contributed by atoms with E-state index in [4.69, 9.17) is 4.74 Å². The molecule has 2 amide bonds. The van der Waals surface area contributed by atoms with Crippen LogP contribution in [0.25, 0.3) is 10.9 Å². The largest absolute Gasteiger partial charge is 0.367 e. The van der Waals surface area contributed by atoms with Crippen LogP contribution in [0.15, 0.2) is 47.3 Å². The Labute approximate surface area is 144 Å². The van der Waals surface area contributed by atoms with Crippen molar-refractivity contribution in [3.63, 3.8) is 0 Å². The van der Waals surface area contributed by atoms with Crippen LogP contribution in [0.1, 0.15) is 18.6 Å². The summed E-state index contributed by atoms with van der Waals surface area (Å²) in [6.07, 6.45) is 1.83. The summed E-state index contributed by atoms with van der Waals surface area (Å²) in [5.74, 6) is 0. The lowest BCUT2D eigenvalue weighted by atomic mass is 10.1. The topological polar surface area (TPSA) is 57.4 Å². The van der Waals surface area contributed by atoms with E-state index in [1.54, 1.807) is 11.3 Å². The molecule has 3 aromatic rings. The molecule has 24 heavy (non-hydrogen) atoms. The molecule has 5 nitrogen and oxygen atoms in total. The zero-order valence-corrected chi connectivity index (χ0v) is 14.2. The normalized spacial score (nSPS) is 21.1. The maximum absolute atomic E-state index is 12.7. The van der Waals surface area contributed by atoms with Gasteiger partial charge in [0.25, 0.3) is 0 Å². The molecule has 1 aromatic carbocycles. The molecule has 3 heterocycles. The van der Waals surface area contributed by atoms with E-state index in [1.807, 2.05) is 47.7 Å². The maximum atomic E-state index is 12.7. The predicted octanol–water partition coefficient (Wildman–Crippen LogP) is 4.22. The van der Waals surface area contributed by atoms with Crippen LogP contribution in [0.5, 0.6) is 0 Å². The number of nitrogens with one attached hydrogen (secondary N) is 2. The van der Waals surface area contributed by atoms with Gasteiger partial charge in [-0.05, 0) is 47.5 Å². The number of benzene rings is 1. The second kappa shape index (κ2) is 6.30. The van der Waals surface area contributed by atoms with E-state index < -0.39 is 0 Å². The summed E-state index contributed by atoms with van der Waals surface area (Å²) in [4.78, 5) is 17.7. The fourth-order valence-electron chi connectivity index (χ4n) is 3.15. The quantitative estimate of drug-likeness (QED) is 0.733. The fourth-order valence-corrected chi connectivity index (χ4v) is 3.85. The summed E-state index contributed by atoms with van der Waals surface area (Å²) in [6, 6.07) is 9.80. The molecule has 1 aliphatic heterocycles. The third kappa shape index (κ3) is 2.90. The number of nitrogens with zero attached hydrogens (tertiary/aromatic N) is 1. The van der Waals surface area contributed by atoms with E-state index in [2.05, 4.69) is 21.7 Å². The molecule has 1 fully saturated rings. The van der Waals surface area contributed by atoms with Crippen LogP contribution >= 0.6 is 11.3 Å². The molecule has 0 saturated carbocycles. The van der Waals surface area contributed by atoms with Crippen molar-refractivity contribution >= 4 is 34.0 Å². The average Bonchev–Trinajstić information content (AvgIpc) is 3.26. The summed E-state index contributed by atoms with van der Waals surface area (Å²) in [5, 5.41) is 8.18. The monoisotopic (exact) mass is 341 g/mol. The zero-order chi connectivity index (χ0) is 16.5. The van der Waals surface area contributed by atoms with E-state index >= 15 is 0 Å². The second-order valence-corrected chi connectivity index (χ2v) is 6.85. The summed E-state index contributed by atoms with van der Waals surface area (Å²) in [7, 11) is 0. The number of thiophene rings is 1. The molecule has 0 bridgehead atoms. The van der Waals surface area contributed by atoms with Crippen molar-refractivity contribution in [3.05, 3.63) is 52.9 Å². The molecule has 0 spiro atoms. The Morgan fingerprint density at radius 2 is 2.25 bits per heavy atom. The summed E-state index contributed by atoms with van der Waals surface area (Å²) >= 11 is 1.65. The van der Waals surface area contributed by atoms with Gasteiger partial charge in [0.15, 0.2) is 0 Å². The molecule has 0 aliphatic carbocycles. The Balaban J connectivity index is 1.52. The number of hydrogen-bond acceptors (Lipinski definition) is 3. The summed E-state index contributed by atoms with van der Waals surface area (Å²) in [6.45, 7) is 3.16. The van der Waals surface area contributed by atoms with Gasteiger partial charge in [0.05, 0.1) is 18.3 Å². The van der Waals surface area contributed by atoms with E-state index in [-0.39, 0.29) is 18.2 Å². The van der Waals surface area contributed by atoms with E-state index in [9.17, 15) is 4.79 Å². The first-order valence-corrected chi connectivity index (χ1v) is 8.94. The molecule has 2 unspecified atom stereocenters. The average molecular weight is 341 g/mol. The summed E-state index contributed by atoms with van der Waals surface area (Å²) < 4.78 is 6.00. The lowest BCUT2D eigenvalue weighted by Gasteiger charge is -2.36. The number of amides is 2. The molecule has 6 heteroatoms. The standard InChI is InChI=1S/C18H19N3O2S/c1-12-9-21(10-17(23-12)13-6-8-24-11-13)18(22)20-16-4-2-3-15-14(16)5-7-19-15/h2-8,11-12,17,19H,9-10H2,1H3,(H,20,22). The number of morpholine rings is 1. The van der Waals surface area contributed by atoms with Crippen LogP contribution < -0.4 is 5.32 Å². The Bertz CT molecular complexity index is 843. The SMILES string of the molecule is CC1CN(C(=O)Nc2cccc3[nH]ccc23)CC(c2ccsc2)O1. The molecule has 2 atom stereocenters. The number of aromatic nitrogens is 1. The van der Waals surface area contributed by atoms with Crippen LogP contribution in [-0.2, 0) is 4.74 Å². The highest BCUT2D eigenvalue weighted by Crippen LogP contribution is 2.28. The van der Waals surface area contributed by atoms with Crippen molar-refractivity contribution in [3.8, 4) is 0 Å². The van der Waals surface area contributed by atoms with Gasteiger partial charge in [-0.25, -0.2) is 4.79 Å². The first-order valence-electron chi connectivity index (χ1n) is 8.00. The third-order valence-corrected chi connectivity index (χ3v) is 5.00. The van der Waals surface area contributed by atoms with Gasteiger partial charge in [-0.2, -0.15) is 11.3 Å².